The Morgan fingerprint density at radius 1 is 0.889 bits per heavy atom. The predicted octanol–water partition coefficient (Wildman–Crippen LogP) is 3.62. The molecule has 0 atom stereocenters. The smallest absolute Gasteiger partial charge is 0.246 e. The largest absolute Gasteiger partial charge is 0.339 e. The molecule has 0 spiro atoms. The molecule has 1 saturated heterocycles. The maximum Gasteiger partial charge on any atom is 0.246 e. The first-order valence-corrected chi connectivity index (χ1v) is 9.76. The number of carbonyl (C=O) groups excluding carboxylic acids is 2. The van der Waals surface area contributed by atoms with Crippen molar-refractivity contribution >= 4 is 17.9 Å². The summed E-state index contributed by atoms with van der Waals surface area (Å²) in [5, 5.41) is 0. The molecule has 1 heterocycles. The van der Waals surface area contributed by atoms with E-state index in [4.69, 9.17) is 0 Å². The van der Waals surface area contributed by atoms with Crippen molar-refractivity contribution in [3.63, 3.8) is 0 Å². The van der Waals surface area contributed by atoms with Gasteiger partial charge in [0.1, 0.15) is 11.6 Å². The van der Waals surface area contributed by atoms with Gasteiger partial charge >= 0.3 is 0 Å². The standard InChI is InChI=1S/C21H26F2N2O2/c22-18-8-5-9-19(23)17(18)10-11-20(26)24-12-14-25(15-13-24)21(27)16-6-3-1-2-4-7-16/h5,8-11,16H,1-4,6-7,12-15H2/b11-10+. The molecular formula is C21H26F2N2O2. The van der Waals surface area contributed by atoms with Crippen LogP contribution in [0.3, 0.4) is 0 Å². The molecule has 2 amide bonds. The summed E-state index contributed by atoms with van der Waals surface area (Å²) in [5.41, 5.74) is -0.215. The summed E-state index contributed by atoms with van der Waals surface area (Å²) in [4.78, 5) is 28.5. The molecule has 2 fully saturated rings. The van der Waals surface area contributed by atoms with E-state index in [-0.39, 0.29) is 23.3 Å². The molecular weight excluding hydrogens is 350 g/mol. The van der Waals surface area contributed by atoms with Gasteiger partial charge in [-0.25, -0.2) is 8.78 Å². The summed E-state index contributed by atoms with van der Waals surface area (Å²) in [6.45, 7) is 1.93. The fourth-order valence-electron chi connectivity index (χ4n) is 3.86. The average molecular weight is 376 g/mol. The number of carbonyl (C=O) groups is 2. The summed E-state index contributed by atoms with van der Waals surface area (Å²) >= 11 is 0. The van der Waals surface area contributed by atoms with Crippen LogP contribution in [0.15, 0.2) is 24.3 Å². The van der Waals surface area contributed by atoms with Gasteiger partial charge in [0.05, 0.1) is 0 Å². The lowest BCUT2D eigenvalue weighted by atomic mass is 9.98. The third-order valence-corrected chi connectivity index (χ3v) is 5.50. The highest BCUT2D eigenvalue weighted by Gasteiger charge is 2.28. The van der Waals surface area contributed by atoms with Gasteiger partial charge in [-0.15, -0.1) is 0 Å². The van der Waals surface area contributed by atoms with Gasteiger partial charge in [0.2, 0.25) is 11.8 Å². The number of benzene rings is 1. The molecule has 1 aliphatic carbocycles. The van der Waals surface area contributed by atoms with E-state index in [1.807, 2.05) is 4.90 Å². The number of halogens is 2. The third kappa shape index (κ3) is 4.93. The Balaban J connectivity index is 1.53. The minimum Gasteiger partial charge on any atom is -0.339 e. The Morgan fingerprint density at radius 3 is 2.04 bits per heavy atom. The maximum atomic E-state index is 13.6. The second-order valence-corrected chi connectivity index (χ2v) is 7.31. The Hall–Kier alpha value is -2.24. The molecule has 0 bridgehead atoms. The maximum absolute atomic E-state index is 13.6. The first-order chi connectivity index (χ1) is 13.1. The molecule has 1 aliphatic heterocycles. The number of nitrogens with zero attached hydrogens (tertiary/aromatic N) is 2. The van der Waals surface area contributed by atoms with Crippen LogP contribution in [0.2, 0.25) is 0 Å². The van der Waals surface area contributed by atoms with Crippen LogP contribution >= 0.6 is 0 Å². The molecule has 6 heteroatoms. The van der Waals surface area contributed by atoms with Crippen molar-refractivity contribution in [1.82, 2.24) is 9.80 Å². The molecule has 3 rings (SSSR count). The van der Waals surface area contributed by atoms with Gasteiger partial charge in [-0.05, 0) is 31.1 Å². The zero-order valence-corrected chi connectivity index (χ0v) is 15.5. The molecule has 1 aromatic rings. The van der Waals surface area contributed by atoms with Crippen LogP contribution in [0.1, 0.15) is 44.1 Å². The van der Waals surface area contributed by atoms with Gasteiger partial charge < -0.3 is 9.80 Å². The van der Waals surface area contributed by atoms with E-state index in [1.165, 1.54) is 31.1 Å². The molecule has 0 radical (unpaired) electrons. The van der Waals surface area contributed by atoms with Gasteiger partial charge in [0.25, 0.3) is 0 Å². The molecule has 1 saturated carbocycles. The van der Waals surface area contributed by atoms with Crippen molar-refractivity contribution in [3.8, 4) is 0 Å². The van der Waals surface area contributed by atoms with Crippen LogP contribution in [0, 0.1) is 17.6 Å². The Morgan fingerprint density at radius 2 is 1.44 bits per heavy atom. The zero-order chi connectivity index (χ0) is 19.2. The number of rotatable bonds is 3. The predicted molar refractivity (Wildman–Crippen MR) is 99.7 cm³/mol. The Kier molecular flexibility index (Phi) is 6.58. The van der Waals surface area contributed by atoms with E-state index < -0.39 is 11.6 Å². The number of amides is 2. The van der Waals surface area contributed by atoms with Gasteiger partial charge in [-0.1, -0.05) is 31.7 Å². The van der Waals surface area contributed by atoms with E-state index in [9.17, 15) is 18.4 Å². The van der Waals surface area contributed by atoms with E-state index in [2.05, 4.69) is 0 Å². The average Bonchev–Trinajstić information content (AvgIpc) is 2.96. The normalized spacial score (nSPS) is 19.3. The molecule has 2 aliphatic rings. The van der Waals surface area contributed by atoms with Gasteiger partial charge in [0.15, 0.2) is 0 Å². The van der Waals surface area contributed by atoms with E-state index in [0.29, 0.717) is 26.2 Å². The lowest BCUT2D eigenvalue weighted by molar-refractivity contribution is -0.140. The molecule has 4 nitrogen and oxygen atoms in total. The number of hydrogen-bond donors (Lipinski definition) is 0. The van der Waals surface area contributed by atoms with Crippen molar-refractivity contribution in [3.05, 3.63) is 41.5 Å². The van der Waals surface area contributed by atoms with E-state index in [0.717, 1.165) is 37.8 Å². The molecule has 146 valence electrons. The molecule has 27 heavy (non-hydrogen) atoms. The Bertz CT molecular complexity index is 684. The van der Waals surface area contributed by atoms with Crippen LogP contribution in [0.25, 0.3) is 6.08 Å². The number of piperazine rings is 1. The Labute approximate surface area is 158 Å². The summed E-state index contributed by atoms with van der Waals surface area (Å²) in [6, 6.07) is 3.60. The summed E-state index contributed by atoms with van der Waals surface area (Å²) in [6.07, 6.45) is 8.96. The van der Waals surface area contributed by atoms with Crippen LogP contribution in [-0.4, -0.2) is 47.8 Å². The van der Waals surface area contributed by atoms with Gasteiger partial charge in [-0.3, -0.25) is 9.59 Å². The second-order valence-electron chi connectivity index (χ2n) is 7.31. The highest BCUT2D eigenvalue weighted by atomic mass is 19.1. The first kappa shape index (κ1) is 19.5. The topological polar surface area (TPSA) is 40.6 Å². The van der Waals surface area contributed by atoms with Crippen LogP contribution in [-0.2, 0) is 9.59 Å². The summed E-state index contributed by atoms with van der Waals surface area (Å²) in [7, 11) is 0. The van der Waals surface area contributed by atoms with Crippen molar-refractivity contribution in [1.29, 1.82) is 0 Å². The highest BCUT2D eigenvalue weighted by Crippen LogP contribution is 2.25. The molecule has 0 N–H and O–H groups in total. The lowest BCUT2D eigenvalue weighted by Gasteiger charge is -2.36. The summed E-state index contributed by atoms with van der Waals surface area (Å²) in [5.74, 6) is -1.35. The van der Waals surface area contributed by atoms with Crippen molar-refractivity contribution in [2.45, 2.75) is 38.5 Å². The van der Waals surface area contributed by atoms with Crippen molar-refractivity contribution in [2.24, 2.45) is 5.92 Å². The summed E-state index contributed by atoms with van der Waals surface area (Å²) < 4.78 is 27.3. The van der Waals surface area contributed by atoms with Gasteiger partial charge in [-0.2, -0.15) is 0 Å². The van der Waals surface area contributed by atoms with Crippen LogP contribution in [0.5, 0.6) is 0 Å². The molecule has 1 aromatic carbocycles. The minimum atomic E-state index is -0.696. The van der Waals surface area contributed by atoms with E-state index in [1.54, 1.807) is 4.90 Å². The molecule has 0 unspecified atom stereocenters. The number of hydrogen-bond acceptors (Lipinski definition) is 2. The van der Waals surface area contributed by atoms with Gasteiger partial charge in [0, 0.05) is 43.7 Å². The molecule has 0 aromatic heterocycles. The van der Waals surface area contributed by atoms with Crippen molar-refractivity contribution < 1.29 is 18.4 Å². The zero-order valence-electron chi connectivity index (χ0n) is 15.5. The lowest BCUT2D eigenvalue weighted by Crippen LogP contribution is -2.51. The van der Waals surface area contributed by atoms with Crippen molar-refractivity contribution in [2.75, 3.05) is 26.2 Å². The van der Waals surface area contributed by atoms with E-state index >= 15 is 0 Å². The fourth-order valence-corrected chi connectivity index (χ4v) is 3.86. The monoisotopic (exact) mass is 376 g/mol. The minimum absolute atomic E-state index is 0.124. The van der Waals surface area contributed by atoms with Crippen LogP contribution < -0.4 is 0 Å². The quantitative estimate of drug-likeness (QED) is 0.597. The first-order valence-electron chi connectivity index (χ1n) is 9.76. The van der Waals surface area contributed by atoms with Crippen LogP contribution in [0.4, 0.5) is 8.78 Å². The third-order valence-electron chi connectivity index (χ3n) is 5.50. The SMILES string of the molecule is O=C(/C=C/c1c(F)cccc1F)N1CCN(C(=O)C2CCCCCC2)CC1. The second kappa shape index (κ2) is 9.11. The highest BCUT2D eigenvalue weighted by molar-refractivity contribution is 5.92. The fraction of sp³-hybridized carbons (Fsp3) is 0.524.